The van der Waals surface area contributed by atoms with Crippen molar-refractivity contribution in [1.29, 1.82) is 0 Å². The Kier molecular flexibility index (Phi) is 4.42. The summed E-state index contributed by atoms with van der Waals surface area (Å²) < 4.78 is 0. The van der Waals surface area contributed by atoms with Crippen LogP contribution < -0.4 is 5.32 Å². The molecule has 0 spiro atoms. The van der Waals surface area contributed by atoms with Gasteiger partial charge in [-0.3, -0.25) is 9.59 Å². The van der Waals surface area contributed by atoms with E-state index < -0.39 is 0 Å². The predicted octanol–water partition coefficient (Wildman–Crippen LogP) is 1.87. The van der Waals surface area contributed by atoms with Crippen molar-refractivity contribution >= 4 is 11.8 Å². The van der Waals surface area contributed by atoms with Crippen molar-refractivity contribution in [2.45, 2.75) is 39.8 Å². The Morgan fingerprint density at radius 1 is 1.45 bits per heavy atom. The third-order valence-corrected chi connectivity index (χ3v) is 3.70. The van der Waals surface area contributed by atoms with E-state index in [2.05, 4.69) is 11.4 Å². The molecule has 1 aliphatic rings. The van der Waals surface area contributed by atoms with Crippen LogP contribution in [-0.4, -0.2) is 29.3 Å². The van der Waals surface area contributed by atoms with Gasteiger partial charge >= 0.3 is 0 Å². The van der Waals surface area contributed by atoms with Gasteiger partial charge in [-0.15, -0.1) is 0 Å². The number of aryl methyl sites for hydroxylation is 1. The van der Waals surface area contributed by atoms with Gasteiger partial charge in [-0.25, -0.2) is 0 Å². The molecule has 1 saturated heterocycles. The molecule has 2 rings (SSSR count). The van der Waals surface area contributed by atoms with Crippen molar-refractivity contribution in [1.82, 2.24) is 10.2 Å². The minimum atomic E-state index is -0.213. The van der Waals surface area contributed by atoms with Crippen molar-refractivity contribution in [3.05, 3.63) is 35.4 Å². The standard InChI is InChI=1S/C16H22N2O2/c1-11(2)18-10-14(8-15(18)19)16(20)17-9-13-6-4-5-12(3)7-13/h4-7,11,14H,8-10H2,1-3H3,(H,17,20)/t14-/m0/s1. The number of carbonyl (C=O) groups excluding carboxylic acids is 2. The van der Waals surface area contributed by atoms with Gasteiger partial charge in [-0.2, -0.15) is 0 Å². The highest BCUT2D eigenvalue weighted by Crippen LogP contribution is 2.20. The summed E-state index contributed by atoms with van der Waals surface area (Å²) in [6.45, 7) is 7.04. The molecule has 0 radical (unpaired) electrons. The number of likely N-dealkylation sites (tertiary alicyclic amines) is 1. The Labute approximate surface area is 120 Å². The van der Waals surface area contributed by atoms with Crippen LogP contribution in [0.15, 0.2) is 24.3 Å². The fourth-order valence-corrected chi connectivity index (χ4v) is 2.56. The monoisotopic (exact) mass is 274 g/mol. The van der Waals surface area contributed by atoms with E-state index >= 15 is 0 Å². The number of amides is 2. The average molecular weight is 274 g/mol. The van der Waals surface area contributed by atoms with Crippen LogP contribution in [0.1, 0.15) is 31.4 Å². The summed E-state index contributed by atoms with van der Waals surface area (Å²) in [6, 6.07) is 8.23. The molecule has 0 saturated carbocycles. The van der Waals surface area contributed by atoms with Crippen LogP contribution in [0.5, 0.6) is 0 Å². The van der Waals surface area contributed by atoms with Gasteiger partial charge in [0.2, 0.25) is 11.8 Å². The topological polar surface area (TPSA) is 49.4 Å². The maximum Gasteiger partial charge on any atom is 0.225 e. The average Bonchev–Trinajstić information content (AvgIpc) is 2.78. The Morgan fingerprint density at radius 2 is 2.20 bits per heavy atom. The number of nitrogens with zero attached hydrogens (tertiary/aromatic N) is 1. The molecule has 1 aliphatic heterocycles. The Bertz CT molecular complexity index is 511. The van der Waals surface area contributed by atoms with Gasteiger partial charge in [0.15, 0.2) is 0 Å². The molecule has 1 aromatic rings. The molecule has 4 nitrogen and oxygen atoms in total. The van der Waals surface area contributed by atoms with Gasteiger partial charge in [0.25, 0.3) is 0 Å². The molecule has 1 heterocycles. The molecule has 4 heteroatoms. The fraction of sp³-hybridized carbons (Fsp3) is 0.500. The van der Waals surface area contributed by atoms with Crippen LogP contribution in [0, 0.1) is 12.8 Å². The summed E-state index contributed by atoms with van der Waals surface area (Å²) in [5, 5.41) is 2.93. The van der Waals surface area contributed by atoms with E-state index in [-0.39, 0.29) is 23.8 Å². The van der Waals surface area contributed by atoms with Crippen molar-refractivity contribution in [2.24, 2.45) is 5.92 Å². The SMILES string of the molecule is Cc1cccc(CNC(=O)[C@H]2CC(=O)N(C(C)C)C2)c1. The molecule has 1 aromatic carbocycles. The molecule has 0 aliphatic carbocycles. The molecule has 2 amide bonds. The van der Waals surface area contributed by atoms with E-state index in [9.17, 15) is 9.59 Å². The molecule has 20 heavy (non-hydrogen) atoms. The largest absolute Gasteiger partial charge is 0.352 e. The van der Waals surface area contributed by atoms with Crippen molar-refractivity contribution in [3.8, 4) is 0 Å². The number of benzene rings is 1. The molecule has 0 aromatic heterocycles. The first-order valence-corrected chi connectivity index (χ1v) is 7.10. The lowest BCUT2D eigenvalue weighted by Crippen LogP contribution is -2.35. The highest BCUT2D eigenvalue weighted by Gasteiger charge is 2.35. The van der Waals surface area contributed by atoms with Gasteiger partial charge in [0.05, 0.1) is 5.92 Å². The number of rotatable bonds is 4. The lowest BCUT2D eigenvalue weighted by atomic mass is 10.1. The van der Waals surface area contributed by atoms with E-state index in [4.69, 9.17) is 0 Å². The maximum atomic E-state index is 12.1. The van der Waals surface area contributed by atoms with Gasteiger partial charge in [-0.1, -0.05) is 29.8 Å². The van der Waals surface area contributed by atoms with Crippen LogP contribution in [0.25, 0.3) is 0 Å². The zero-order valence-electron chi connectivity index (χ0n) is 12.3. The summed E-state index contributed by atoms with van der Waals surface area (Å²) in [7, 11) is 0. The summed E-state index contributed by atoms with van der Waals surface area (Å²) >= 11 is 0. The summed E-state index contributed by atoms with van der Waals surface area (Å²) in [5.74, 6) is -0.159. The van der Waals surface area contributed by atoms with Crippen molar-refractivity contribution < 1.29 is 9.59 Å². The Hall–Kier alpha value is -1.84. The zero-order valence-corrected chi connectivity index (χ0v) is 12.3. The van der Waals surface area contributed by atoms with Crippen molar-refractivity contribution in [3.63, 3.8) is 0 Å². The zero-order chi connectivity index (χ0) is 14.7. The number of nitrogens with one attached hydrogen (secondary N) is 1. The van der Waals surface area contributed by atoms with Crippen LogP contribution in [0.4, 0.5) is 0 Å². The van der Waals surface area contributed by atoms with Crippen molar-refractivity contribution in [2.75, 3.05) is 6.54 Å². The van der Waals surface area contributed by atoms with Gasteiger partial charge in [-0.05, 0) is 26.3 Å². The van der Waals surface area contributed by atoms with Crippen LogP contribution in [0.2, 0.25) is 0 Å². The molecular formula is C16H22N2O2. The molecular weight excluding hydrogens is 252 g/mol. The Balaban J connectivity index is 1.89. The molecule has 1 atom stereocenters. The quantitative estimate of drug-likeness (QED) is 0.911. The van der Waals surface area contributed by atoms with Gasteiger partial charge in [0, 0.05) is 25.6 Å². The van der Waals surface area contributed by atoms with E-state index in [1.165, 1.54) is 5.56 Å². The predicted molar refractivity (Wildman–Crippen MR) is 78.0 cm³/mol. The minimum Gasteiger partial charge on any atom is -0.352 e. The summed E-state index contributed by atoms with van der Waals surface area (Å²) in [6.07, 6.45) is 0.331. The van der Waals surface area contributed by atoms with Crippen LogP contribution in [-0.2, 0) is 16.1 Å². The third-order valence-electron chi connectivity index (χ3n) is 3.70. The number of hydrogen-bond donors (Lipinski definition) is 1. The second-order valence-electron chi connectivity index (χ2n) is 5.75. The third kappa shape index (κ3) is 3.38. The van der Waals surface area contributed by atoms with E-state index in [0.29, 0.717) is 19.5 Å². The number of hydrogen-bond acceptors (Lipinski definition) is 2. The van der Waals surface area contributed by atoms with Crippen LogP contribution in [0.3, 0.4) is 0 Å². The summed E-state index contributed by atoms with van der Waals surface area (Å²) in [4.78, 5) is 25.7. The first-order valence-electron chi connectivity index (χ1n) is 7.10. The molecule has 0 unspecified atom stereocenters. The second kappa shape index (κ2) is 6.07. The molecule has 108 valence electrons. The van der Waals surface area contributed by atoms with E-state index in [0.717, 1.165) is 5.56 Å². The van der Waals surface area contributed by atoms with Gasteiger partial charge < -0.3 is 10.2 Å². The smallest absolute Gasteiger partial charge is 0.225 e. The number of carbonyl (C=O) groups is 2. The molecule has 0 bridgehead atoms. The maximum absolute atomic E-state index is 12.1. The van der Waals surface area contributed by atoms with Crippen LogP contribution >= 0.6 is 0 Å². The Morgan fingerprint density at radius 3 is 2.80 bits per heavy atom. The minimum absolute atomic E-state index is 0.0250. The fourth-order valence-electron chi connectivity index (χ4n) is 2.56. The summed E-state index contributed by atoms with van der Waals surface area (Å²) in [5.41, 5.74) is 2.27. The first-order chi connectivity index (χ1) is 9.47. The normalized spacial score (nSPS) is 18.7. The van der Waals surface area contributed by atoms with E-state index in [1.54, 1.807) is 4.90 Å². The lowest BCUT2D eigenvalue weighted by molar-refractivity contribution is -0.129. The highest BCUT2D eigenvalue weighted by molar-refractivity contribution is 5.89. The molecule has 1 N–H and O–H groups in total. The lowest BCUT2D eigenvalue weighted by Gasteiger charge is -2.20. The highest BCUT2D eigenvalue weighted by atomic mass is 16.2. The van der Waals surface area contributed by atoms with E-state index in [1.807, 2.05) is 39.0 Å². The second-order valence-corrected chi connectivity index (χ2v) is 5.75. The molecule has 1 fully saturated rings. The first kappa shape index (κ1) is 14.6. The van der Waals surface area contributed by atoms with Gasteiger partial charge in [0.1, 0.15) is 0 Å².